The lowest BCUT2D eigenvalue weighted by Crippen LogP contribution is -2.33. The number of amides is 1. The van der Waals surface area contributed by atoms with Gasteiger partial charge in [-0.3, -0.25) is 0 Å². The van der Waals surface area contributed by atoms with Crippen LogP contribution in [0.4, 0.5) is 4.79 Å². The van der Waals surface area contributed by atoms with Gasteiger partial charge in [-0.05, 0) is 37.6 Å². The lowest BCUT2D eigenvalue weighted by molar-refractivity contribution is 0.108. The molecule has 0 radical (unpaired) electrons. The number of hydrogen-bond donors (Lipinski definition) is 0. The van der Waals surface area contributed by atoms with Crippen molar-refractivity contribution in [3.8, 4) is 11.3 Å². The number of ether oxygens (including phenoxy) is 1. The van der Waals surface area contributed by atoms with Gasteiger partial charge in [0.05, 0.1) is 12.3 Å². The van der Waals surface area contributed by atoms with E-state index in [0.717, 1.165) is 22.6 Å². The minimum atomic E-state index is -0.266. The predicted molar refractivity (Wildman–Crippen MR) is 83.0 cm³/mol. The van der Waals surface area contributed by atoms with Crippen LogP contribution in [0.25, 0.3) is 11.3 Å². The van der Waals surface area contributed by atoms with Crippen molar-refractivity contribution in [3.63, 3.8) is 0 Å². The highest BCUT2D eigenvalue weighted by Crippen LogP contribution is 2.29. The van der Waals surface area contributed by atoms with Crippen LogP contribution in [0, 0.1) is 0 Å². The molecule has 0 atom stereocenters. The highest BCUT2D eigenvalue weighted by molar-refractivity contribution is 6.30. The lowest BCUT2D eigenvalue weighted by atomic mass is 10.0. The second-order valence-corrected chi connectivity index (χ2v) is 5.57. The number of rotatable bonds is 2. The molecule has 0 saturated heterocycles. The topological polar surface area (TPSA) is 55.6 Å². The first-order valence-corrected chi connectivity index (χ1v) is 7.72. The van der Waals surface area contributed by atoms with Crippen LogP contribution in [0.1, 0.15) is 18.2 Å². The Hall–Kier alpha value is -2.01. The normalized spacial score (nSPS) is 14.4. The van der Waals surface area contributed by atoms with E-state index in [1.165, 1.54) is 0 Å². The summed E-state index contributed by atoms with van der Waals surface area (Å²) in [6.45, 7) is 3.40. The number of carbonyl (C=O) groups excluding carboxylic acids is 1. The fourth-order valence-electron chi connectivity index (χ4n) is 2.62. The minimum absolute atomic E-state index is 0.266. The van der Waals surface area contributed by atoms with Crippen LogP contribution in [-0.4, -0.2) is 35.8 Å². The molecule has 5 nitrogen and oxygen atoms in total. The average molecular weight is 321 g/mol. The van der Waals surface area contributed by atoms with Gasteiger partial charge in [0, 0.05) is 35.7 Å². The summed E-state index contributed by atoms with van der Waals surface area (Å²) in [5, 5.41) is 4.85. The summed E-state index contributed by atoms with van der Waals surface area (Å²) in [5.41, 5.74) is 2.92. The first kappa shape index (κ1) is 14.9. The SMILES string of the molecule is CCOC(=O)N1CCc2noc(-c3ccc(Cl)cc3)c2CC1. The molecular weight excluding hydrogens is 304 g/mol. The summed E-state index contributed by atoms with van der Waals surface area (Å²) in [6.07, 6.45) is 1.11. The van der Waals surface area contributed by atoms with Crippen LogP contribution in [0.15, 0.2) is 28.8 Å². The van der Waals surface area contributed by atoms with Crippen LogP contribution in [0.2, 0.25) is 5.02 Å². The monoisotopic (exact) mass is 320 g/mol. The zero-order chi connectivity index (χ0) is 15.5. The van der Waals surface area contributed by atoms with Crippen molar-refractivity contribution in [2.75, 3.05) is 19.7 Å². The van der Waals surface area contributed by atoms with Gasteiger partial charge in [-0.15, -0.1) is 0 Å². The molecule has 2 aromatic rings. The van der Waals surface area contributed by atoms with Crippen LogP contribution >= 0.6 is 11.6 Å². The Kier molecular flexibility index (Phi) is 4.34. The number of carbonyl (C=O) groups is 1. The van der Waals surface area contributed by atoms with E-state index >= 15 is 0 Å². The number of hydrogen-bond acceptors (Lipinski definition) is 4. The maximum Gasteiger partial charge on any atom is 0.409 e. The van der Waals surface area contributed by atoms with Crippen molar-refractivity contribution in [2.45, 2.75) is 19.8 Å². The number of aromatic nitrogens is 1. The Balaban J connectivity index is 1.82. The summed E-state index contributed by atoms with van der Waals surface area (Å²) < 4.78 is 10.6. The Morgan fingerprint density at radius 3 is 2.77 bits per heavy atom. The van der Waals surface area contributed by atoms with Gasteiger partial charge < -0.3 is 14.2 Å². The Morgan fingerprint density at radius 1 is 1.32 bits per heavy atom. The fourth-order valence-corrected chi connectivity index (χ4v) is 2.75. The third kappa shape index (κ3) is 2.95. The van der Waals surface area contributed by atoms with Crippen molar-refractivity contribution in [1.29, 1.82) is 0 Å². The van der Waals surface area contributed by atoms with E-state index < -0.39 is 0 Å². The maximum absolute atomic E-state index is 11.9. The van der Waals surface area contributed by atoms with E-state index in [9.17, 15) is 4.79 Å². The van der Waals surface area contributed by atoms with Crippen molar-refractivity contribution < 1.29 is 14.1 Å². The number of benzene rings is 1. The summed E-state index contributed by atoms with van der Waals surface area (Å²) in [5.74, 6) is 0.761. The quantitative estimate of drug-likeness (QED) is 0.849. The summed E-state index contributed by atoms with van der Waals surface area (Å²) in [4.78, 5) is 13.6. The summed E-state index contributed by atoms with van der Waals surface area (Å²) >= 11 is 5.92. The highest BCUT2D eigenvalue weighted by Gasteiger charge is 2.25. The van der Waals surface area contributed by atoms with Gasteiger partial charge >= 0.3 is 6.09 Å². The predicted octanol–water partition coefficient (Wildman–Crippen LogP) is 3.55. The van der Waals surface area contributed by atoms with Gasteiger partial charge in [-0.1, -0.05) is 16.8 Å². The molecule has 22 heavy (non-hydrogen) atoms. The maximum atomic E-state index is 11.9. The van der Waals surface area contributed by atoms with Crippen molar-refractivity contribution in [3.05, 3.63) is 40.5 Å². The van der Waals surface area contributed by atoms with Gasteiger partial charge in [0.2, 0.25) is 0 Å². The molecule has 6 heteroatoms. The number of fused-ring (bicyclic) bond motifs is 1. The largest absolute Gasteiger partial charge is 0.450 e. The Labute approximate surface area is 133 Å². The third-order valence-corrected chi connectivity index (χ3v) is 4.00. The molecule has 116 valence electrons. The third-order valence-electron chi connectivity index (χ3n) is 3.75. The first-order valence-electron chi connectivity index (χ1n) is 7.34. The van der Waals surface area contributed by atoms with E-state index in [1.54, 1.807) is 4.90 Å². The van der Waals surface area contributed by atoms with Crippen molar-refractivity contribution in [2.24, 2.45) is 0 Å². The fraction of sp³-hybridized carbons (Fsp3) is 0.375. The van der Waals surface area contributed by atoms with Gasteiger partial charge in [-0.25, -0.2) is 4.79 Å². The molecule has 2 heterocycles. The molecule has 0 bridgehead atoms. The van der Waals surface area contributed by atoms with E-state index in [2.05, 4.69) is 5.16 Å². The van der Waals surface area contributed by atoms with Gasteiger partial charge in [0.15, 0.2) is 5.76 Å². The molecule has 1 aliphatic heterocycles. The van der Waals surface area contributed by atoms with Crippen LogP contribution in [0.3, 0.4) is 0 Å². The van der Waals surface area contributed by atoms with E-state index in [-0.39, 0.29) is 6.09 Å². The first-order chi connectivity index (χ1) is 10.7. The van der Waals surface area contributed by atoms with Crippen LogP contribution < -0.4 is 0 Å². The molecule has 3 rings (SSSR count). The summed E-state index contributed by atoms with van der Waals surface area (Å²) in [6, 6.07) is 7.48. The van der Waals surface area contributed by atoms with Crippen molar-refractivity contribution >= 4 is 17.7 Å². The molecule has 1 amide bonds. The standard InChI is InChI=1S/C16H17ClN2O3/c1-2-21-16(20)19-9-7-13-14(8-10-19)18-22-15(13)11-3-5-12(17)6-4-11/h3-6H,2,7-10H2,1H3. The molecule has 1 aliphatic rings. The van der Waals surface area contributed by atoms with E-state index in [4.69, 9.17) is 20.9 Å². The van der Waals surface area contributed by atoms with Crippen LogP contribution in [0.5, 0.6) is 0 Å². The molecule has 0 spiro atoms. The van der Waals surface area contributed by atoms with Gasteiger partial charge in [0.1, 0.15) is 0 Å². The van der Waals surface area contributed by atoms with Crippen molar-refractivity contribution in [1.82, 2.24) is 10.1 Å². The molecule has 0 unspecified atom stereocenters. The molecule has 0 N–H and O–H groups in total. The number of nitrogens with zero attached hydrogens (tertiary/aromatic N) is 2. The molecule has 0 fully saturated rings. The second-order valence-electron chi connectivity index (χ2n) is 5.13. The molecule has 0 saturated carbocycles. The van der Waals surface area contributed by atoms with Crippen LogP contribution in [-0.2, 0) is 17.6 Å². The molecular formula is C16H17ClN2O3. The zero-order valence-corrected chi connectivity index (χ0v) is 13.1. The number of halogens is 1. The lowest BCUT2D eigenvalue weighted by Gasteiger charge is -2.18. The Morgan fingerprint density at radius 2 is 2.05 bits per heavy atom. The minimum Gasteiger partial charge on any atom is -0.450 e. The molecule has 0 aliphatic carbocycles. The Bertz CT molecular complexity index is 667. The van der Waals surface area contributed by atoms with E-state index in [0.29, 0.717) is 37.6 Å². The zero-order valence-electron chi connectivity index (χ0n) is 12.3. The molecule has 1 aromatic heterocycles. The average Bonchev–Trinajstić information content (AvgIpc) is 2.80. The highest BCUT2D eigenvalue weighted by atomic mass is 35.5. The second kappa shape index (κ2) is 6.40. The van der Waals surface area contributed by atoms with Gasteiger partial charge in [-0.2, -0.15) is 0 Å². The summed E-state index contributed by atoms with van der Waals surface area (Å²) in [7, 11) is 0. The van der Waals surface area contributed by atoms with E-state index in [1.807, 2.05) is 31.2 Å². The van der Waals surface area contributed by atoms with Gasteiger partial charge in [0.25, 0.3) is 0 Å². The molecule has 1 aromatic carbocycles. The smallest absolute Gasteiger partial charge is 0.409 e.